The van der Waals surface area contributed by atoms with Crippen molar-refractivity contribution in [1.29, 1.82) is 0 Å². The van der Waals surface area contributed by atoms with Crippen LogP contribution in [-0.4, -0.2) is 92.3 Å². The SMILES string of the molecule is CC1(C)CCC(CN2CCN(c3ccc(C(=O)NS(=O)(=O)c4ccc(NC5(CO)CCOCC5)c([N+](=O)[O-])c4)c(Oc4ccc5[nH]ccc5c4)c3)CC2)=C(c2ccc(Cl)cc2)C1. The molecular weight excluding hydrogens is 832 g/mol. The summed E-state index contributed by atoms with van der Waals surface area (Å²) in [7, 11) is -4.61. The first kappa shape index (κ1) is 43.2. The van der Waals surface area contributed by atoms with Gasteiger partial charge in [-0.1, -0.05) is 43.2 Å². The van der Waals surface area contributed by atoms with Gasteiger partial charge >= 0.3 is 0 Å². The van der Waals surface area contributed by atoms with Crippen molar-refractivity contribution < 1.29 is 32.7 Å². The lowest BCUT2D eigenvalue weighted by atomic mass is 9.72. The molecule has 2 saturated heterocycles. The minimum Gasteiger partial charge on any atom is -0.456 e. The molecule has 326 valence electrons. The molecule has 0 bridgehead atoms. The molecule has 8 rings (SSSR count). The minimum absolute atomic E-state index is 0.0378. The van der Waals surface area contributed by atoms with E-state index in [4.69, 9.17) is 21.1 Å². The average Bonchev–Trinajstić information content (AvgIpc) is 3.73. The maximum atomic E-state index is 14.0. The van der Waals surface area contributed by atoms with Crippen LogP contribution in [0.1, 0.15) is 61.9 Å². The van der Waals surface area contributed by atoms with Gasteiger partial charge in [0.2, 0.25) is 0 Å². The van der Waals surface area contributed by atoms with Gasteiger partial charge in [0.25, 0.3) is 21.6 Å². The molecule has 62 heavy (non-hydrogen) atoms. The van der Waals surface area contributed by atoms with Crippen molar-refractivity contribution in [2.24, 2.45) is 5.41 Å². The predicted octanol–water partition coefficient (Wildman–Crippen LogP) is 8.38. The third kappa shape index (κ3) is 9.62. The van der Waals surface area contributed by atoms with E-state index in [1.165, 1.54) is 28.8 Å². The van der Waals surface area contributed by atoms with Gasteiger partial charge in [0, 0.05) is 85.9 Å². The summed E-state index contributed by atoms with van der Waals surface area (Å²) in [5, 5.41) is 27.0. The quantitative estimate of drug-likeness (QED) is 0.0659. The highest BCUT2D eigenvalue weighted by Gasteiger charge is 2.35. The summed E-state index contributed by atoms with van der Waals surface area (Å²) in [4.78, 5) is 32.8. The number of hydrogen-bond acceptors (Lipinski definition) is 11. The summed E-state index contributed by atoms with van der Waals surface area (Å²) in [5.41, 5.74) is 4.65. The number of hydrogen-bond donors (Lipinski definition) is 4. The van der Waals surface area contributed by atoms with Crippen LogP contribution in [-0.2, 0) is 14.8 Å². The number of aliphatic hydroxyl groups is 1. The molecule has 14 nitrogen and oxygen atoms in total. The second-order valence-electron chi connectivity index (χ2n) is 17.2. The summed E-state index contributed by atoms with van der Waals surface area (Å²) < 4.78 is 41.3. The van der Waals surface area contributed by atoms with Crippen LogP contribution >= 0.6 is 11.6 Å². The van der Waals surface area contributed by atoms with Crippen LogP contribution in [0.25, 0.3) is 16.5 Å². The largest absolute Gasteiger partial charge is 0.456 e. The third-order valence-electron chi connectivity index (χ3n) is 12.3. The van der Waals surface area contributed by atoms with Crippen molar-refractivity contribution in [3.05, 3.63) is 123 Å². The fourth-order valence-corrected chi connectivity index (χ4v) is 9.75. The second-order valence-corrected chi connectivity index (χ2v) is 19.4. The van der Waals surface area contributed by atoms with Gasteiger partial charge in [-0.2, -0.15) is 0 Å². The molecule has 0 unspecified atom stereocenters. The van der Waals surface area contributed by atoms with Gasteiger partial charge in [0.1, 0.15) is 17.2 Å². The number of carbonyl (C=O) groups is 1. The zero-order chi connectivity index (χ0) is 43.6. The van der Waals surface area contributed by atoms with Gasteiger partial charge in [-0.25, -0.2) is 13.1 Å². The monoisotopic (exact) mass is 882 g/mol. The van der Waals surface area contributed by atoms with Gasteiger partial charge in [-0.3, -0.25) is 19.8 Å². The van der Waals surface area contributed by atoms with E-state index in [1.807, 2.05) is 36.5 Å². The Morgan fingerprint density at radius 3 is 2.45 bits per heavy atom. The zero-order valence-electron chi connectivity index (χ0n) is 34.8. The Hall–Kier alpha value is -5.45. The molecule has 1 aliphatic carbocycles. The summed E-state index contributed by atoms with van der Waals surface area (Å²) in [5.74, 6) is -0.377. The Labute approximate surface area is 366 Å². The number of piperazine rings is 1. The van der Waals surface area contributed by atoms with Crippen LogP contribution in [0.5, 0.6) is 11.5 Å². The standard InChI is InChI=1S/C46H51ClN6O8S/c1-45(2)15-13-33(39(28-45)31-3-5-34(47)6-4-31)29-51-19-21-52(22-20-51)35-7-10-38(43(26-35)61-36-8-11-40-32(25-36)14-18-48-40)44(55)50-62(58,59)37-9-12-41(42(27-37)53(56)57)49-46(30-54)16-23-60-24-17-46/h3-12,14,18,25-27,48-49,54H,13,15-17,19-24,28-30H2,1-2H3,(H,50,55). The van der Waals surface area contributed by atoms with Gasteiger partial charge in [0.05, 0.1) is 27.5 Å². The number of nitrogens with zero attached hydrogens (tertiary/aromatic N) is 3. The molecule has 1 amide bonds. The van der Waals surface area contributed by atoms with E-state index in [1.54, 1.807) is 24.3 Å². The Morgan fingerprint density at radius 1 is 0.968 bits per heavy atom. The number of aromatic amines is 1. The number of nitro benzene ring substituents is 1. The average molecular weight is 883 g/mol. The number of rotatable bonds is 13. The number of fused-ring (bicyclic) bond motifs is 1. The van der Waals surface area contributed by atoms with Gasteiger partial charge in [-0.05, 0) is 109 Å². The van der Waals surface area contributed by atoms with Crippen molar-refractivity contribution in [2.75, 3.05) is 62.8 Å². The highest BCUT2D eigenvalue weighted by Crippen LogP contribution is 2.44. The predicted molar refractivity (Wildman–Crippen MR) is 241 cm³/mol. The zero-order valence-corrected chi connectivity index (χ0v) is 36.4. The Bertz CT molecular complexity index is 2620. The lowest BCUT2D eigenvalue weighted by Gasteiger charge is -2.39. The second kappa shape index (κ2) is 17.7. The molecule has 4 N–H and O–H groups in total. The number of H-pyrrole nitrogens is 1. The van der Waals surface area contributed by atoms with Crippen molar-refractivity contribution in [2.45, 2.75) is 56.4 Å². The molecule has 2 fully saturated rings. The molecule has 5 aromatic rings. The molecule has 2 aliphatic heterocycles. The smallest absolute Gasteiger partial charge is 0.293 e. The van der Waals surface area contributed by atoms with Gasteiger partial charge < -0.3 is 29.8 Å². The number of allylic oxidation sites excluding steroid dienone is 1. The maximum Gasteiger partial charge on any atom is 0.293 e. The number of anilines is 2. The normalized spacial score (nSPS) is 18.1. The summed E-state index contributed by atoms with van der Waals surface area (Å²) >= 11 is 6.24. The van der Waals surface area contributed by atoms with Gasteiger partial charge in [0.15, 0.2) is 0 Å². The number of carbonyl (C=O) groups excluding carboxylic acids is 1. The number of aliphatic hydroxyl groups excluding tert-OH is 1. The molecule has 4 aromatic carbocycles. The van der Waals surface area contributed by atoms with Crippen molar-refractivity contribution in [3.63, 3.8) is 0 Å². The number of amides is 1. The third-order valence-corrected chi connectivity index (χ3v) is 13.9. The van der Waals surface area contributed by atoms with Gasteiger partial charge in [-0.15, -0.1) is 0 Å². The van der Waals surface area contributed by atoms with Crippen LogP contribution in [0.3, 0.4) is 0 Å². The number of nitro groups is 1. The van der Waals surface area contributed by atoms with E-state index < -0.39 is 37.0 Å². The lowest BCUT2D eigenvalue weighted by Crippen LogP contribution is -2.47. The van der Waals surface area contributed by atoms with E-state index in [0.29, 0.717) is 31.8 Å². The van der Waals surface area contributed by atoms with Crippen molar-refractivity contribution >= 4 is 61.1 Å². The van der Waals surface area contributed by atoms with Crippen LogP contribution in [0.4, 0.5) is 17.1 Å². The molecule has 0 saturated carbocycles. The molecular formula is C46H51ClN6O8S. The lowest BCUT2D eigenvalue weighted by molar-refractivity contribution is -0.384. The fourth-order valence-electron chi connectivity index (χ4n) is 8.64. The number of nitrogens with one attached hydrogen (secondary N) is 3. The number of benzene rings is 4. The topological polar surface area (TPSA) is 179 Å². The van der Waals surface area contributed by atoms with Crippen molar-refractivity contribution in [1.82, 2.24) is 14.6 Å². The highest BCUT2D eigenvalue weighted by atomic mass is 35.5. The number of halogens is 1. The molecule has 0 spiro atoms. The molecule has 1 aromatic heterocycles. The van der Waals surface area contributed by atoms with E-state index in [0.717, 1.165) is 79.7 Å². The summed E-state index contributed by atoms with van der Waals surface area (Å²) in [6.07, 6.45) is 5.80. The molecule has 16 heteroatoms. The van der Waals surface area contributed by atoms with Crippen LogP contribution in [0, 0.1) is 15.5 Å². The minimum atomic E-state index is -4.61. The van der Waals surface area contributed by atoms with Crippen LogP contribution < -0.4 is 19.7 Å². The fraction of sp³-hybridized carbons (Fsp3) is 0.370. The Balaban J connectivity index is 1.02. The number of aromatic nitrogens is 1. The molecule has 3 aliphatic rings. The Kier molecular flexibility index (Phi) is 12.4. The first-order valence-corrected chi connectivity index (χ1v) is 22.7. The van der Waals surface area contributed by atoms with E-state index >= 15 is 0 Å². The van der Waals surface area contributed by atoms with Crippen molar-refractivity contribution in [3.8, 4) is 11.5 Å². The maximum absolute atomic E-state index is 14.0. The van der Waals surface area contributed by atoms with Crippen LogP contribution in [0.15, 0.2) is 102 Å². The van der Waals surface area contributed by atoms with Crippen LogP contribution in [0.2, 0.25) is 5.02 Å². The molecule has 0 atom stereocenters. The highest BCUT2D eigenvalue weighted by molar-refractivity contribution is 7.90. The van der Waals surface area contributed by atoms with E-state index in [9.17, 15) is 28.4 Å². The molecule has 0 radical (unpaired) electrons. The van der Waals surface area contributed by atoms with E-state index in [2.05, 4.69) is 50.8 Å². The first-order valence-electron chi connectivity index (χ1n) is 20.9. The first-order chi connectivity index (χ1) is 29.7. The Morgan fingerprint density at radius 2 is 1.73 bits per heavy atom. The number of sulfonamides is 1. The number of ether oxygens (including phenoxy) is 2. The van der Waals surface area contributed by atoms with E-state index in [-0.39, 0.29) is 29.0 Å². The summed E-state index contributed by atoms with van der Waals surface area (Å²) in [6.45, 7) is 9.03. The summed E-state index contributed by atoms with van der Waals surface area (Å²) in [6, 6.07) is 23.9. The molecule has 3 heterocycles.